The van der Waals surface area contributed by atoms with Crippen LogP contribution in [-0.2, 0) is 28.8 Å². The van der Waals surface area contributed by atoms with E-state index < -0.39 is 72.6 Å². The van der Waals surface area contributed by atoms with Gasteiger partial charge in [0.15, 0.2) is 5.96 Å². The number of carbonyl (C=O) groups excluding carboxylic acids is 3. The molecule has 0 bridgehead atoms. The molecule has 0 aromatic rings. The maximum Gasteiger partial charge on any atom is 0.327 e. The molecule has 3 amide bonds. The predicted octanol–water partition coefficient (Wildman–Crippen LogP) is -4.21. The van der Waals surface area contributed by atoms with Gasteiger partial charge >= 0.3 is 17.9 Å². The molecular formula is C17H29N7O9S. The number of carboxylic acid groups (broad SMARTS) is 3. The molecule has 0 aliphatic rings. The van der Waals surface area contributed by atoms with E-state index in [1.807, 2.05) is 0 Å². The lowest BCUT2D eigenvalue weighted by molar-refractivity contribution is -0.143. The first-order chi connectivity index (χ1) is 15.8. The Labute approximate surface area is 199 Å². The molecule has 4 atom stereocenters. The van der Waals surface area contributed by atoms with Crippen LogP contribution in [0, 0.1) is 0 Å². The number of thiol groups is 1. The molecule has 0 radical (unpaired) electrons. The van der Waals surface area contributed by atoms with Gasteiger partial charge in [-0.1, -0.05) is 0 Å². The molecular weight excluding hydrogens is 478 g/mol. The number of hydrogen-bond donors (Lipinski definition) is 10. The minimum atomic E-state index is -1.70. The summed E-state index contributed by atoms with van der Waals surface area (Å²) in [5, 5.41) is 33.3. The number of aliphatic imine (C=N–C) groups is 1. The molecule has 0 saturated carbocycles. The summed E-state index contributed by atoms with van der Waals surface area (Å²) in [5.41, 5.74) is 15.9. The average Bonchev–Trinajstić information content (AvgIpc) is 2.71. The van der Waals surface area contributed by atoms with E-state index in [1.165, 1.54) is 0 Å². The Hall–Kier alpha value is -3.60. The van der Waals surface area contributed by atoms with Crippen molar-refractivity contribution in [2.24, 2.45) is 22.2 Å². The average molecular weight is 508 g/mol. The molecule has 192 valence electrons. The minimum absolute atomic E-state index is 0.0600. The Balaban J connectivity index is 5.56. The van der Waals surface area contributed by atoms with Gasteiger partial charge in [-0.05, 0) is 12.8 Å². The number of carbonyl (C=O) groups is 6. The van der Waals surface area contributed by atoms with E-state index in [0.717, 1.165) is 0 Å². The molecule has 0 aromatic heterocycles. The zero-order valence-electron chi connectivity index (χ0n) is 18.0. The standard InChI is InChI=1S/C17H29N7O9S/c18-7(4-11(25)26)13(29)22-8(2-1-3-21-17(19)20)14(30)23-9(5-12(27)28)15(31)24-10(6-34)16(32)33/h7-10,34H,1-6,18H2,(H,22,29)(H,23,30)(H,24,31)(H,25,26)(H,27,28)(H,32,33)(H4,19,20,21)/t7-,8-,9-,10-/m0/s1. The van der Waals surface area contributed by atoms with E-state index in [0.29, 0.717) is 0 Å². The highest BCUT2D eigenvalue weighted by atomic mass is 32.1. The third-order valence-electron chi connectivity index (χ3n) is 4.12. The largest absolute Gasteiger partial charge is 0.481 e. The molecule has 0 spiro atoms. The summed E-state index contributed by atoms with van der Waals surface area (Å²) < 4.78 is 0. The third-order valence-corrected chi connectivity index (χ3v) is 4.48. The van der Waals surface area contributed by atoms with Gasteiger partial charge in [0.05, 0.1) is 18.9 Å². The van der Waals surface area contributed by atoms with E-state index >= 15 is 0 Å². The number of nitrogens with zero attached hydrogens (tertiary/aromatic N) is 1. The molecule has 0 heterocycles. The molecule has 0 saturated heterocycles. The van der Waals surface area contributed by atoms with Gasteiger partial charge in [0, 0.05) is 12.3 Å². The number of carboxylic acids is 3. The van der Waals surface area contributed by atoms with Crippen LogP contribution in [0.5, 0.6) is 0 Å². The third kappa shape index (κ3) is 12.4. The van der Waals surface area contributed by atoms with Crippen molar-refractivity contribution in [3.8, 4) is 0 Å². The van der Waals surface area contributed by atoms with Gasteiger partial charge in [-0.15, -0.1) is 0 Å². The fraction of sp³-hybridized carbons (Fsp3) is 0.588. The van der Waals surface area contributed by atoms with Gasteiger partial charge in [0.1, 0.15) is 18.1 Å². The second kappa shape index (κ2) is 15.3. The van der Waals surface area contributed by atoms with Crippen LogP contribution in [-0.4, -0.2) is 93.4 Å². The molecule has 34 heavy (non-hydrogen) atoms. The number of nitrogens with two attached hydrogens (primary N) is 3. The first-order valence-corrected chi connectivity index (χ1v) is 10.4. The van der Waals surface area contributed by atoms with E-state index in [4.69, 9.17) is 32.5 Å². The minimum Gasteiger partial charge on any atom is -0.481 e. The molecule has 12 N–H and O–H groups in total. The van der Waals surface area contributed by atoms with Crippen molar-refractivity contribution in [3.05, 3.63) is 0 Å². The summed E-state index contributed by atoms with van der Waals surface area (Å²) in [5.74, 6) is -7.87. The van der Waals surface area contributed by atoms with Gasteiger partial charge in [-0.2, -0.15) is 12.6 Å². The van der Waals surface area contributed by atoms with Crippen molar-refractivity contribution < 1.29 is 44.1 Å². The quantitative estimate of drug-likeness (QED) is 0.0411. The number of hydrogen-bond acceptors (Lipinski definition) is 9. The summed E-state index contributed by atoms with van der Waals surface area (Å²) in [6, 6.07) is -6.01. The Morgan fingerprint density at radius 3 is 1.76 bits per heavy atom. The summed E-state index contributed by atoms with van der Waals surface area (Å²) in [7, 11) is 0. The highest BCUT2D eigenvalue weighted by Gasteiger charge is 2.31. The summed E-state index contributed by atoms with van der Waals surface area (Å²) >= 11 is 3.78. The Morgan fingerprint density at radius 2 is 1.29 bits per heavy atom. The van der Waals surface area contributed by atoms with Crippen LogP contribution in [0.3, 0.4) is 0 Å². The van der Waals surface area contributed by atoms with Gasteiger partial charge in [0.25, 0.3) is 0 Å². The second-order valence-electron chi connectivity index (χ2n) is 6.96. The SMILES string of the molecule is NC(N)=NCCC[C@H](NC(=O)[C@@H](N)CC(=O)O)C(=O)N[C@@H](CC(=O)O)C(=O)N[C@@H](CS)C(=O)O. The highest BCUT2D eigenvalue weighted by Crippen LogP contribution is 2.04. The molecule has 0 rings (SSSR count). The number of nitrogens with one attached hydrogen (secondary N) is 3. The Bertz CT molecular complexity index is 804. The van der Waals surface area contributed by atoms with Crippen molar-refractivity contribution >= 4 is 54.2 Å². The lowest BCUT2D eigenvalue weighted by atomic mass is 10.1. The first-order valence-electron chi connectivity index (χ1n) is 9.77. The normalized spacial score (nSPS) is 13.9. The smallest absolute Gasteiger partial charge is 0.327 e. The summed E-state index contributed by atoms with van der Waals surface area (Å²) in [6.07, 6.45) is -1.56. The van der Waals surface area contributed by atoms with E-state index in [9.17, 15) is 28.8 Å². The molecule has 0 aliphatic heterocycles. The lowest BCUT2D eigenvalue weighted by Crippen LogP contribution is -2.57. The highest BCUT2D eigenvalue weighted by molar-refractivity contribution is 7.80. The van der Waals surface area contributed by atoms with Gasteiger partial charge in [0.2, 0.25) is 17.7 Å². The number of rotatable bonds is 16. The molecule has 0 unspecified atom stereocenters. The van der Waals surface area contributed by atoms with Crippen molar-refractivity contribution in [2.45, 2.75) is 49.9 Å². The van der Waals surface area contributed by atoms with Gasteiger partial charge in [-0.25, -0.2) is 4.79 Å². The van der Waals surface area contributed by atoms with Crippen LogP contribution in [0.4, 0.5) is 0 Å². The van der Waals surface area contributed by atoms with Crippen LogP contribution in [0.15, 0.2) is 4.99 Å². The van der Waals surface area contributed by atoms with Crippen molar-refractivity contribution in [2.75, 3.05) is 12.3 Å². The lowest BCUT2D eigenvalue weighted by Gasteiger charge is -2.24. The second-order valence-corrected chi connectivity index (χ2v) is 7.32. The molecule has 0 aromatic carbocycles. The monoisotopic (exact) mass is 507 g/mol. The maximum absolute atomic E-state index is 12.8. The fourth-order valence-corrected chi connectivity index (χ4v) is 2.69. The zero-order chi connectivity index (χ0) is 26.4. The molecule has 0 fully saturated rings. The van der Waals surface area contributed by atoms with Crippen molar-refractivity contribution in [1.82, 2.24) is 16.0 Å². The van der Waals surface area contributed by atoms with Crippen molar-refractivity contribution in [3.63, 3.8) is 0 Å². The topological polar surface area (TPSA) is 290 Å². The van der Waals surface area contributed by atoms with Crippen LogP contribution in [0.25, 0.3) is 0 Å². The van der Waals surface area contributed by atoms with Crippen LogP contribution in [0.2, 0.25) is 0 Å². The van der Waals surface area contributed by atoms with Crippen molar-refractivity contribution in [1.29, 1.82) is 0 Å². The van der Waals surface area contributed by atoms with E-state index in [-0.39, 0.29) is 31.1 Å². The van der Waals surface area contributed by atoms with E-state index in [2.05, 4.69) is 33.6 Å². The molecule has 0 aliphatic carbocycles. The molecule has 17 heteroatoms. The van der Waals surface area contributed by atoms with Crippen LogP contribution in [0.1, 0.15) is 25.7 Å². The van der Waals surface area contributed by atoms with E-state index in [1.54, 1.807) is 0 Å². The zero-order valence-corrected chi connectivity index (χ0v) is 18.9. The number of guanidine groups is 1. The Kier molecular flexibility index (Phi) is 13.7. The van der Waals surface area contributed by atoms with Crippen LogP contribution < -0.4 is 33.2 Å². The Morgan fingerprint density at radius 1 is 0.794 bits per heavy atom. The number of amides is 3. The fourth-order valence-electron chi connectivity index (χ4n) is 2.45. The van der Waals surface area contributed by atoms with Gasteiger partial charge < -0.3 is 48.5 Å². The summed E-state index contributed by atoms with van der Waals surface area (Å²) in [6.45, 7) is 0.0600. The van der Waals surface area contributed by atoms with Gasteiger partial charge in [-0.3, -0.25) is 29.0 Å². The molecule has 16 nitrogen and oxygen atoms in total. The summed E-state index contributed by atoms with van der Waals surface area (Å²) in [4.78, 5) is 74.1. The maximum atomic E-state index is 12.8. The first kappa shape index (κ1) is 30.4. The van der Waals surface area contributed by atoms with Crippen LogP contribution >= 0.6 is 12.6 Å². The predicted molar refractivity (Wildman–Crippen MR) is 120 cm³/mol. The number of aliphatic carboxylic acids is 3.